The Kier molecular flexibility index (Phi) is 3.91. The normalized spacial score (nSPS) is 11.3. The van der Waals surface area contributed by atoms with Crippen molar-refractivity contribution in [3.05, 3.63) is 43.0 Å². The predicted molar refractivity (Wildman–Crippen MR) is 82.1 cm³/mol. The van der Waals surface area contributed by atoms with Crippen molar-refractivity contribution in [2.24, 2.45) is 14.1 Å². The Labute approximate surface area is 124 Å². The van der Waals surface area contributed by atoms with E-state index < -0.39 is 16.0 Å². The number of nitrogens with zero attached hydrogens (tertiary/aromatic N) is 3. The summed E-state index contributed by atoms with van der Waals surface area (Å²) in [6, 6.07) is 2.94. The summed E-state index contributed by atoms with van der Waals surface area (Å²) in [5.74, 6) is 0. The summed E-state index contributed by atoms with van der Waals surface area (Å²) < 4.78 is 2.38. The lowest BCUT2D eigenvalue weighted by Gasteiger charge is -2.12. The van der Waals surface area contributed by atoms with Gasteiger partial charge >= 0.3 is 11.1 Å². The van der Waals surface area contributed by atoms with Crippen molar-refractivity contribution in [1.82, 2.24) is 9.13 Å². The summed E-state index contributed by atoms with van der Waals surface area (Å²) in [5.41, 5.74) is -0.560. The largest absolute Gasteiger partial charge is 0.316 e. The molecule has 1 heterocycles. The molecule has 112 valence electrons. The Morgan fingerprint density at radius 3 is 2.00 bits per heavy atom. The molecule has 0 aliphatic heterocycles. The molecule has 8 heteroatoms. The average molecular weight is 309 g/mol. The maximum atomic E-state index is 11.8. The van der Waals surface area contributed by atoms with Gasteiger partial charge in [-0.1, -0.05) is 13.8 Å². The Morgan fingerprint density at radius 2 is 1.57 bits per heavy atom. The molecule has 0 aliphatic rings. The van der Waals surface area contributed by atoms with Crippen LogP contribution in [0.25, 0.3) is 11.0 Å². The number of fused-ring (bicyclic) bond motifs is 1. The molecule has 0 spiro atoms. The van der Waals surface area contributed by atoms with E-state index in [9.17, 15) is 19.7 Å². The van der Waals surface area contributed by atoms with E-state index in [4.69, 9.17) is 0 Å². The predicted octanol–water partition coefficient (Wildman–Crippen LogP) is 1.65. The lowest BCUT2D eigenvalue weighted by molar-refractivity contribution is -0.387. The number of rotatable bonds is 3. The first-order valence-corrected chi connectivity index (χ1v) is 7.16. The summed E-state index contributed by atoms with van der Waals surface area (Å²) in [5, 5.41) is 11.4. The Hall–Kier alpha value is -2.09. The molecule has 2 aromatic rings. The minimum absolute atomic E-state index is 0.0603. The van der Waals surface area contributed by atoms with Crippen LogP contribution in [-0.4, -0.2) is 19.3 Å². The number of hydrogen-bond acceptors (Lipinski definition) is 5. The molecule has 7 nitrogen and oxygen atoms in total. The first kappa shape index (κ1) is 15.3. The van der Waals surface area contributed by atoms with E-state index in [-0.39, 0.29) is 10.9 Å². The molecule has 0 atom stereocenters. The van der Waals surface area contributed by atoms with E-state index in [1.165, 1.54) is 36.5 Å². The van der Waals surface area contributed by atoms with E-state index in [0.717, 1.165) is 4.57 Å². The standard InChI is InChI=1S/C13H15N3O4S/c1-7(2)21-11-6-9-8(5-10(11)16(19)20)14(3)12(17)13(18)15(9)4/h5-7H,1-4H3. The van der Waals surface area contributed by atoms with E-state index in [0.29, 0.717) is 15.9 Å². The average Bonchev–Trinajstić information content (AvgIpc) is 2.41. The van der Waals surface area contributed by atoms with Crippen LogP contribution in [0.5, 0.6) is 0 Å². The molecule has 0 unspecified atom stereocenters. The highest BCUT2D eigenvalue weighted by Gasteiger charge is 2.20. The highest BCUT2D eigenvalue weighted by atomic mass is 32.2. The van der Waals surface area contributed by atoms with Crippen molar-refractivity contribution < 1.29 is 4.92 Å². The smallest absolute Gasteiger partial charge is 0.305 e. The molecule has 0 bridgehead atoms. The zero-order valence-electron chi connectivity index (χ0n) is 12.1. The van der Waals surface area contributed by atoms with Gasteiger partial charge in [0.1, 0.15) is 0 Å². The molecule has 2 rings (SSSR count). The van der Waals surface area contributed by atoms with Crippen LogP contribution in [0.2, 0.25) is 0 Å². The van der Waals surface area contributed by atoms with E-state index in [1.807, 2.05) is 13.8 Å². The van der Waals surface area contributed by atoms with Gasteiger partial charge < -0.3 is 9.13 Å². The fraction of sp³-hybridized carbons (Fsp3) is 0.385. The second kappa shape index (κ2) is 5.36. The van der Waals surface area contributed by atoms with Gasteiger partial charge in [-0.05, 0) is 6.07 Å². The zero-order chi connectivity index (χ0) is 15.9. The Balaban J connectivity index is 2.94. The van der Waals surface area contributed by atoms with Gasteiger partial charge in [-0.25, -0.2) is 0 Å². The first-order valence-electron chi connectivity index (χ1n) is 6.29. The van der Waals surface area contributed by atoms with Gasteiger partial charge in [-0.3, -0.25) is 19.7 Å². The van der Waals surface area contributed by atoms with Gasteiger partial charge in [0.2, 0.25) is 0 Å². The van der Waals surface area contributed by atoms with E-state index >= 15 is 0 Å². The topological polar surface area (TPSA) is 87.1 Å². The second-order valence-corrected chi connectivity index (χ2v) is 6.58. The third-order valence-electron chi connectivity index (χ3n) is 3.13. The minimum atomic E-state index is -0.705. The van der Waals surface area contributed by atoms with Gasteiger partial charge in [-0.2, -0.15) is 0 Å². The van der Waals surface area contributed by atoms with Crippen molar-refractivity contribution >= 4 is 28.5 Å². The van der Waals surface area contributed by atoms with E-state index in [2.05, 4.69) is 0 Å². The van der Waals surface area contributed by atoms with Crippen LogP contribution >= 0.6 is 11.8 Å². The van der Waals surface area contributed by atoms with Crippen LogP contribution in [-0.2, 0) is 14.1 Å². The highest BCUT2D eigenvalue weighted by Crippen LogP contribution is 2.34. The molecule has 21 heavy (non-hydrogen) atoms. The number of nitro groups is 1. The molecule has 0 fully saturated rings. The fourth-order valence-electron chi connectivity index (χ4n) is 2.08. The van der Waals surface area contributed by atoms with Crippen molar-refractivity contribution in [2.45, 2.75) is 24.0 Å². The van der Waals surface area contributed by atoms with Crippen molar-refractivity contribution in [1.29, 1.82) is 0 Å². The molecule has 0 amide bonds. The van der Waals surface area contributed by atoms with Crippen LogP contribution in [0.15, 0.2) is 26.6 Å². The summed E-state index contributed by atoms with van der Waals surface area (Å²) in [6.45, 7) is 3.86. The van der Waals surface area contributed by atoms with Crippen LogP contribution in [0.4, 0.5) is 5.69 Å². The lowest BCUT2D eigenvalue weighted by atomic mass is 10.2. The summed E-state index contributed by atoms with van der Waals surface area (Å²) in [4.78, 5) is 34.9. The maximum absolute atomic E-state index is 11.8. The number of hydrogen-bond donors (Lipinski definition) is 0. The Bertz CT molecular complexity index is 851. The van der Waals surface area contributed by atoms with Crippen LogP contribution in [0, 0.1) is 10.1 Å². The van der Waals surface area contributed by atoms with Gasteiger partial charge in [0.25, 0.3) is 5.69 Å². The molecular formula is C13H15N3O4S. The van der Waals surface area contributed by atoms with Crippen molar-refractivity contribution in [3.63, 3.8) is 0 Å². The number of nitro benzene ring substituents is 1. The molecule has 0 N–H and O–H groups in total. The molecular weight excluding hydrogens is 294 g/mol. The van der Waals surface area contributed by atoms with Gasteiger partial charge in [0.15, 0.2) is 0 Å². The number of benzene rings is 1. The van der Waals surface area contributed by atoms with E-state index in [1.54, 1.807) is 6.07 Å². The molecule has 0 radical (unpaired) electrons. The zero-order valence-corrected chi connectivity index (χ0v) is 12.9. The monoisotopic (exact) mass is 309 g/mol. The molecule has 0 aliphatic carbocycles. The van der Waals surface area contributed by atoms with Gasteiger partial charge in [0.05, 0.1) is 20.9 Å². The molecule has 0 saturated heterocycles. The first-order chi connectivity index (χ1) is 9.73. The second-order valence-electron chi connectivity index (χ2n) is 4.96. The number of aryl methyl sites for hydroxylation is 2. The molecule has 0 saturated carbocycles. The summed E-state index contributed by atoms with van der Waals surface area (Å²) >= 11 is 1.35. The number of thioether (sulfide) groups is 1. The summed E-state index contributed by atoms with van der Waals surface area (Å²) in [7, 11) is 2.92. The maximum Gasteiger partial charge on any atom is 0.316 e. The van der Waals surface area contributed by atoms with Gasteiger partial charge in [0, 0.05) is 25.4 Å². The minimum Gasteiger partial charge on any atom is -0.305 e. The lowest BCUT2D eigenvalue weighted by Crippen LogP contribution is -2.39. The third kappa shape index (κ3) is 2.58. The van der Waals surface area contributed by atoms with Crippen LogP contribution in [0.1, 0.15) is 13.8 Å². The Morgan fingerprint density at radius 1 is 1.10 bits per heavy atom. The van der Waals surface area contributed by atoms with Crippen molar-refractivity contribution in [3.8, 4) is 0 Å². The van der Waals surface area contributed by atoms with Crippen molar-refractivity contribution in [2.75, 3.05) is 0 Å². The third-order valence-corrected chi connectivity index (χ3v) is 4.18. The highest BCUT2D eigenvalue weighted by molar-refractivity contribution is 8.00. The molecule has 1 aromatic heterocycles. The number of aromatic nitrogens is 2. The molecule has 1 aromatic carbocycles. The SMILES string of the molecule is CC(C)Sc1cc2c(cc1[N+](=O)[O-])n(C)c(=O)c(=O)n2C. The van der Waals surface area contributed by atoms with Crippen LogP contribution in [0.3, 0.4) is 0 Å². The van der Waals surface area contributed by atoms with Gasteiger partial charge in [-0.15, -0.1) is 11.8 Å². The fourth-order valence-corrected chi connectivity index (χ4v) is 3.02. The van der Waals surface area contributed by atoms with Crippen LogP contribution < -0.4 is 11.1 Å². The quantitative estimate of drug-likeness (QED) is 0.372. The summed E-state index contributed by atoms with van der Waals surface area (Å²) in [6.07, 6.45) is 0.